The first-order chi connectivity index (χ1) is 10.6. The van der Waals surface area contributed by atoms with E-state index in [1.165, 1.54) is 0 Å². The van der Waals surface area contributed by atoms with Crippen LogP contribution in [0.4, 0.5) is 0 Å². The van der Waals surface area contributed by atoms with Crippen molar-refractivity contribution in [2.45, 2.75) is 38.8 Å². The monoisotopic (exact) mass is 303 g/mol. The third-order valence-electron chi connectivity index (χ3n) is 4.32. The van der Waals surface area contributed by atoms with Crippen molar-refractivity contribution < 1.29 is 9.59 Å². The van der Waals surface area contributed by atoms with Gasteiger partial charge in [0.05, 0.1) is 0 Å². The summed E-state index contributed by atoms with van der Waals surface area (Å²) in [6.45, 7) is 5.85. The van der Waals surface area contributed by atoms with Crippen LogP contribution < -0.4 is 5.73 Å². The Labute approximate surface area is 132 Å². The van der Waals surface area contributed by atoms with Crippen molar-refractivity contribution >= 4 is 11.8 Å². The van der Waals surface area contributed by atoms with Gasteiger partial charge in [0.25, 0.3) is 0 Å². The number of likely N-dealkylation sites (N-methyl/N-ethyl adjacent to an activating group) is 1. The number of benzene rings is 1. The smallest absolute Gasteiger partial charge is 0.245 e. The normalized spacial score (nSPS) is 19.0. The van der Waals surface area contributed by atoms with Gasteiger partial charge in [-0.15, -0.1) is 0 Å². The Kier molecular flexibility index (Phi) is 5.55. The van der Waals surface area contributed by atoms with Crippen LogP contribution in [0.2, 0.25) is 0 Å². The van der Waals surface area contributed by atoms with Crippen molar-refractivity contribution in [2.75, 3.05) is 19.6 Å². The second kappa shape index (κ2) is 7.40. The van der Waals surface area contributed by atoms with E-state index in [0.29, 0.717) is 19.6 Å². The SMILES string of the molecule is CCN(CC)C(=O)[C@@H]1CCCN1C(=O)[C@@H](N)c1ccccc1. The van der Waals surface area contributed by atoms with Gasteiger partial charge in [0.15, 0.2) is 0 Å². The number of carbonyl (C=O) groups is 2. The van der Waals surface area contributed by atoms with Crippen LogP contribution in [-0.2, 0) is 9.59 Å². The van der Waals surface area contributed by atoms with Crippen molar-refractivity contribution in [3.63, 3.8) is 0 Å². The first-order valence-electron chi connectivity index (χ1n) is 7.99. The van der Waals surface area contributed by atoms with Crippen molar-refractivity contribution in [1.82, 2.24) is 9.80 Å². The lowest BCUT2D eigenvalue weighted by Crippen LogP contribution is -2.49. The molecule has 1 aliphatic heterocycles. The van der Waals surface area contributed by atoms with Crippen LogP contribution in [0, 0.1) is 0 Å². The molecular weight excluding hydrogens is 278 g/mol. The molecule has 0 saturated carbocycles. The van der Waals surface area contributed by atoms with Crippen LogP contribution in [0.15, 0.2) is 30.3 Å². The first kappa shape index (κ1) is 16.5. The van der Waals surface area contributed by atoms with Crippen molar-refractivity contribution in [2.24, 2.45) is 5.73 Å². The highest BCUT2D eigenvalue weighted by Gasteiger charge is 2.37. The Morgan fingerprint density at radius 1 is 1.27 bits per heavy atom. The summed E-state index contributed by atoms with van der Waals surface area (Å²) in [5.74, 6) is -0.120. The molecule has 0 unspecified atom stereocenters. The molecule has 0 spiro atoms. The number of nitrogens with zero attached hydrogens (tertiary/aromatic N) is 2. The van der Waals surface area contributed by atoms with Crippen LogP contribution in [0.25, 0.3) is 0 Å². The molecule has 1 heterocycles. The molecule has 1 aliphatic rings. The standard InChI is InChI=1S/C17H25N3O2/c1-3-19(4-2)16(21)14-11-8-12-20(14)17(22)15(18)13-9-6-5-7-10-13/h5-7,9-10,14-15H,3-4,8,11-12,18H2,1-2H3/t14-,15-/m0/s1. The summed E-state index contributed by atoms with van der Waals surface area (Å²) in [6, 6.07) is 8.26. The third kappa shape index (κ3) is 3.30. The quantitative estimate of drug-likeness (QED) is 0.897. The van der Waals surface area contributed by atoms with Crippen LogP contribution >= 0.6 is 0 Å². The molecule has 1 aromatic carbocycles. The lowest BCUT2D eigenvalue weighted by molar-refractivity contribution is -0.144. The lowest BCUT2D eigenvalue weighted by atomic mass is 10.1. The molecule has 5 nitrogen and oxygen atoms in total. The lowest BCUT2D eigenvalue weighted by Gasteiger charge is -2.30. The average molecular weight is 303 g/mol. The van der Waals surface area contributed by atoms with E-state index in [9.17, 15) is 9.59 Å². The highest BCUT2D eigenvalue weighted by molar-refractivity contribution is 5.90. The van der Waals surface area contributed by atoms with Gasteiger partial charge in [0.2, 0.25) is 11.8 Å². The van der Waals surface area contributed by atoms with E-state index in [2.05, 4.69) is 0 Å². The molecule has 5 heteroatoms. The van der Waals surface area contributed by atoms with Crippen molar-refractivity contribution in [1.29, 1.82) is 0 Å². The molecule has 0 radical (unpaired) electrons. The van der Waals surface area contributed by atoms with Gasteiger partial charge in [-0.25, -0.2) is 0 Å². The highest BCUT2D eigenvalue weighted by Crippen LogP contribution is 2.23. The third-order valence-corrected chi connectivity index (χ3v) is 4.32. The average Bonchev–Trinajstić information content (AvgIpc) is 3.04. The Morgan fingerprint density at radius 2 is 1.91 bits per heavy atom. The Balaban J connectivity index is 2.13. The molecular formula is C17H25N3O2. The van der Waals surface area contributed by atoms with E-state index in [1.807, 2.05) is 44.2 Å². The Morgan fingerprint density at radius 3 is 2.50 bits per heavy atom. The van der Waals surface area contributed by atoms with Gasteiger partial charge in [0, 0.05) is 19.6 Å². The summed E-state index contributed by atoms with van der Waals surface area (Å²) in [7, 11) is 0. The minimum atomic E-state index is -0.702. The maximum absolute atomic E-state index is 12.7. The van der Waals surface area contributed by atoms with Gasteiger partial charge in [-0.3, -0.25) is 9.59 Å². The van der Waals surface area contributed by atoms with E-state index in [0.717, 1.165) is 18.4 Å². The molecule has 2 N–H and O–H groups in total. The summed E-state index contributed by atoms with van der Waals surface area (Å²) in [5, 5.41) is 0. The zero-order valence-corrected chi connectivity index (χ0v) is 13.4. The molecule has 120 valence electrons. The number of likely N-dealkylation sites (tertiary alicyclic amines) is 1. The van der Waals surface area contributed by atoms with Crippen LogP contribution in [-0.4, -0.2) is 47.3 Å². The number of hydrogen-bond donors (Lipinski definition) is 1. The number of nitrogens with two attached hydrogens (primary N) is 1. The van der Waals surface area contributed by atoms with Crippen LogP contribution in [0.3, 0.4) is 0 Å². The largest absolute Gasteiger partial charge is 0.341 e. The second-order valence-corrected chi connectivity index (χ2v) is 5.59. The number of hydrogen-bond acceptors (Lipinski definition) is 3. The fourth-order valence-electron chi connectivity index (χ4n) is 3.01. The van der Waals surface area contributed by atoms with E-state index >= 15 is 0 Å². The summed E-state index contributed by atoms with van der Waals surface area (Å²) >= 11 is 0. The summed E-state index contributed by atoms with van der Waals surface area (Å²) in [6.07, 6.45) is 1.58. The van der Waals surface area contributed by atoms with Gasteiger partial charge in [0.1, 0.15) is 12.1 Å². The summed E-state index contributed by atoms with van der Waals surface area (Å²) in [4.78, 5) is 28.7. The molecule has 1 fully saturated rings. The maximum atomic E-state index is 12.7. The fraction of sp³-hybridized carbons (Fsp3) is 0.529. The summed E-state index contributed by atoms with van der Waals surface area (Å²) < 4.78 is 0. The second-order valence-electron chi connectivity index (χ2n) is 5.59. The molecule has 2 atom stereocenters. The Hall–Kier alpha value is -1.88. The van der Waals surface area contributed by atoms with Crippen LogP contribution in [0.1, 0.15) is 38.3 Å². The van der Waals surface area contributed by atoms with E-state index in [-0.39, 0.29) is 17.9 Å². The van der Waals surface area contributed by atoms with Gasteiger partial charge >= 0.3 is 0 Å². The maximum Gasteiger partial charge on any atom is 0.245 e. The predicted molar refractivity (Wildman–Crippen MR) is 86.0 cm³/mol. The van der Waals surface area contributed by atoms with Crippen molar-refractivity contribution in [3.8, 4) is 0 Å². The number of rotatable bonds is 5. The van der Waals surface area contributed by atoms with E-state index in [1.54, 1.807) is 9.80 Å². The van der Waals surface area contributed by atoms with Crippen molar-refractivity contribution in [3.05, 3.63) is 35.9 Å². The van der Waals surface area contributed by atoms with E-state index < -0.39 is 6.04 Å². The molecule has 1 aromatic rings. The molecule has 0 bridgehead atoms. The molecule has 0 aromatic heterocycles. The van der Waals surface area contributed by atoms with Gasteiger partial charge < -0.3 is 15.5 Å². The number of carbonyl (C=O) groups excluding carboxylic acids is 2. The number of amides is 2. The first-order valence-corrected chi connectivity index (χ1v) is 7.99. The summed E-state index contributed by atoms with van der Waals surface area (Å²) in [5.41, 5.74) is 6.89. The minimum absolute atomic E-state index is 0.0381. The minimum Gasteiger partial charge on any atom is -0.341 e. The molecule has 0 aliphatic carbocycles. The van der Waals surface area contributed by atoms with E-state index in [4.69, 9.17) is 5.73 Å². The van der Waals surface area contributed by atoms with Gasteiger partial charge in [-0.05, 0) is 32.3 Å². The Bertz CT molecular complexity index is 514. The molecule has 2 rings (SSSR count). The van der Waals surface area contributed by atoms with Gasteiger partial charge in [-0.1, -0.05) is 30.3 Å². The zero-order valence-electron chi connectivity index (χ0n) is 13.4. The highest BCUT2D eigenvalue weighted by atomic mass is 16.2. The zero-order chi connectivity index (χ0) is 16.1. The topological polar surface area (TPSA) is 66.6 Å². The van der Waals surface area contributed by atoms with Crippen LogP contribution in [0.5, 0.6) is 0 Å². The van der Waals surface area contributed by atoms with Gasteiger partial charge in [-0.2, -0.15) is 0 Å². The molecule has 2 amide bonds. The fourth-order valence-corrected chi connectivity index (χ4v) is 3.01. The molecule has 22 heavy (non-hydrogen) atoms. The predicted octanol–water partition coefficient (Wildman–Crippen LogP) is 1.55. The molecule has 1 saturated heterocycles.